The molecule has 0 amide bonds. The normalized spacial score (nSPS) is 29.9. The maximum atomic E-state index is 10.9. The number of rotatable bonds is 4. The second kappa shape index (κ2) is 5.32. The van der Waals surface area contributed by atoms with E-state index in [2.05, 4.69) is 0 Å². The van der Waals surface area contributed by atoms with Gasteiger partial charge in [-0.15, -0.1) is 0 Å². The second-order valence-electron chi connectivity index (χ2n) is 3.74. The first-order chi connectivity index (χ1) is 6.66. The lowest BCUT2D eigenvalue weighted by Gasteiger charge is -2.31. The fraction of sp³-hybridized carbons (Fsp3) is 0.900. The van der Waals surface area contributed by atoms with Crippen LogP contribution in [0.25, 0.3) is 0 Å². The maximum absolute atomic E-state index is 10.9. The molecule has 1 aliphatic carbocycles. The molecule has 0 aromatic heterocycles. The molecule has 1 saturated carbocycles. The Bertz CT molecular complexity index is 193. The van der Waals surface area contributed by atoms with Gasteiger partial charge in [0, 0.05) is 12.5 Å². The van der Waals surface area contributed by atoms with Gasteiger partial charge in [0.15, 0.2) is 6.29 Å². The number of carboxylic acid groups (broad SMARTS) is 1. The highest BCUT2D eigenvalue weighted by molar-refractivity contribution is 5.70. The van der Waals surface area contributed by atoms with Gasteiger partial charge >= 0.3 is 5.97 Å². The summed E-state index contributed by atoms with van der Waals surface area (Å²) in [5, 5.41) is 18.6. The lowest BCUT2D eigenvalue weighted by Crippen LogP contribution is -2.36. The minimum Gasteiger partial charge on any atom is -0.481 e. The molecule has 0 aliphatic heterocycles. The average molecular weight is 202 g/mol. The van der Waals surface area contributed by atoms with Crippen LogP contribution in [0.15, 0.2) is 0 Å². The van der Waals surface area contributed by atoms with Crippen molar-refractivity contribution in [1.29, 1.82) is 0 Å². The number of aliphatic hydroxyl groups is 1. The number of hydrogen-bond acceptors (Lipinski definition) is 3. The fourth-order valence-electron chi connectivity index (χ4n) is 2.10. The topological polar surface area (TPSA) is 66.8 Å². The molecule has 3 unspecified atom stereocenters. The zero-order chi connectivity index (χ0) is 10.6. The fourth-order valence-corrected chi connectivity index (χ4v) is 2.10. The molecule has 1 fully saturated rings. The second-order valence-corrected chi connectivity index (χ2v) is 3.74. The van der Waals surface area contributed by atoms with Crippen LogP contribution in [0.2, 0.25) is 0 Å². The summed E-state index contributed by atoms with van der Waals surface area (Å²) in [6.07, 6.45) is 2.41. The quantitative estimate of drug-likeness (QED) is 0.673. The molecule has 0 radical (unpaired) electrons. The highest BCUT2D eigenvalue weighted by Crippen LogP contribution is 2.32. The van der Waals surface area contributed by atoms with E-state index in [0.717, 1.165) is 19.3 Å². The van der Waals surface area contributed by atoms with Crippen molar-refractivity contribution < 1.29 is 19.7 Å². The van der Waals surface area contributed by atoms with Gasteiger partial charge in [-0.1, -0.05) is 12.8 Å². The Kier molecular flexibility index (Phi) is 4.35. The highest BCUT2D eigenvalue weighted by Gasteiger charge is 2.35. The minimum atomic E-state index is -0.915. The van der Waals surface area contributed by atoms with Crippen LogP contribution >= 0.6 is 0 Å². The molecule has 2 N–H and O–H groups in total. The summed E-state index contributed by atoms with van der Waals surface area (Å²) in [6, 6.07) is 0. The number of ether oxygens (including phenoxy) is 1. The van der Waals surface area contributed by atoms with Crippen molar-refractivity contribution in [2.45, 2.75) is 38.9 Å². The number of carbonyl (C=O) groups is 1. The standard InChI is InChI=1S/C10H18O4/c1-2-14-10(13)8-6-4-3-5-7(8)9(11)12/h7-8,10,13H,2-6H2,1H3,(H,11,12). The Labute approximate surface area is 83.9 Å². The molecule has 0 aromatic carbocycles. The van der Waals surface area contributed by atoms with E-state index in [1.807, 2.05) is 0 Å². The summed E-state index contributed by atoms with van der Waals surface area (Å²) < 4.78 is 5.05. The molecular weight excluding hydrogens is 184 g/mol. The van der Waals surface area contributed by atoms with Crippen molar-refractivity contribution in [2.24, 2.45) is 11.8 Å². The van der Waals surface area contributed by atoms with E-state index in [9.17, 15) is 9.90 Å². The SMILES string of the molecule is CCOC(O)C1CCCCC1C(=O)O. The predicted molar refractivity (Wildman–Crippen MR) is 50.7 cm³/mol. The summed E-state index contributed by atoms with van der Waals surface area (Å²) in [4.78, 5) is 10.9. The number of aliphatic hydroxyl groups excluding tert-OH is 1. The predicted octanol–water partition coefficient (Wildman–Crippen LogP) is 1.23. The molecule has 0 bridgehead atoms. The molecule has 0 heterocycles. The Balaban J connectivity index is 2.57. The van der Waals surface area contributed by atoms with Gasteiger partial charge < -0.3 is 14.9 Å². The molecule has 14 heavy (non-hydrogen) atoms. The van der Waals surface area contributed by atoms with Crippen LogP contribution in [0.3, 0.4) is 0 Å². The lowest BCUT2D eigenvalue weighted by molar-refractivity contribution is -0.170. The maximum Gasteiger partial charge on any atom is 0.306 e. The van der Waals surface area contributed by atoms with Gasteiger partial charge in [-0.3, -0.25) is 4.79 Å². The van der Waals surface area contributed by atoms with Crippen LogP contribution in [0, 0.1) is 11.8 Å². The van der Waals surface area contributed by atoms with E-state index < -0.39 is 18.2 Å². The number of hydrogen-bond donors (Lipinski definition) is 2. The van der Waals surface area contributed by atoms with Crippen LogP contribution in [0.1, 0.15) is 32.6 Å². The van der Waals surface area contributed by atoms with Crippen molar-refractivity contribution in [2.75, 3.05) is 6.61 Å². The first kappa shape index (κ1) is 11.5. The van der Waals surface area contributed by atoms with Crippen LogP contribution in [-0.2, 0) is 9.53 Å². The van der Waals surface area contributed by atoms with Crippen LogP contribution in [-0.4, -0.2) is 29.1 Å². The van der Waals surface area contributed by atoms with Gasteiger partial charge in [0.05, 0.1) is 5.92 Å². The lowest BCUT2D eigenvalue weighted by atomic mass is 9.79. The van der Waals surface area contributed by atoms with E-state index in [-0.39, 0.29) is 5.92 Å². The van der Waals surface area contributed by atoms with E-state index >= 15 is 0 Å². The summed E-state index contributed by atoms with van der Waals surface area (Å²) >= 11 is 0. The first-order valence-electron chi connectivity index (χ1n) is 5.19. The van der Waals surface area contributed by atoms with Crippen molar-refractivity contribution >= 4 is 5.97 Å². The van der Waals surface area contributed by atoms with Gasteiger partial charge in [-0.05, 0) is 19.8 Å². The third-order valence-corrected chi connectivity index (χ3v) is 2.84. The van der Waals surface area contributed by atoms with Gasteiger partial charge in [0.2, 0.25) is 0 Å². The van der Waals surface area contributed by atoms with Crippen molar-refractivity contribution in [1.82, 2.24) is 0 Å². The van der Waals surface area contributed by atoms with E-state index in [1.54, 1.807) is 6.92 Å². The number of aliphatic carboxylic acids is 1. The summed E-state index contributed by atoms with van der Waals surface area (Å²) in [5.41, 5.74) is 0. The molecule has 0 saturated heterocycles. The minimum absolute atomic E-state index is 0.235. The van der Waals surface area contributed by atoms with E-state index in [1.165, 1.54) is 0 Å². The van der Waals surface area contributed by atoms with Gasteiger partial charge in [-0.2, -0.15) is 0 Å². The largest absolute Gasteiger partial charge is 0.481 e. The average Bonchev–Trinajstić information content (AvgIpc) is 2.18. The van der Waals surface area contributed by atoms with Crippen molar-refractivity contribution in [3.05, 3.63) is 0 Å². The van der Waals surface area contributed by atoms with Crippen LogP contribution < -0.4 is 0 Å². The number of carboxylic acids is 1. The van der Waals surface area contributed by atoms with E-state index in [0.29, 0.717) is 13.0 Å². The third kappa shape index (κ3) is 2.69. The Hall–Kier alpha value is -0.610. The molecule has 0 aromatic rings. The van der Waals surface area contributed by atoms with Gasteiger partial charge in [0.1, 0.15) is 0 Å². The third-order valence-electron chi connectivity index (χ3n) is 2.84. The first-order valence-corrected chi connectivity index (χ1v) is 5.19. The van der Waals surface area contributed by atoms with Crippen LogP contribution in [0.5, 0.6) is 0 Å². The summed E-state index contributed by atoms with van der Waals surface area (Å²) in [5.74, 6) is -1.49. The molecule has 3 atom stereocenters. The zero-order valence-corrected chi connectivity index (χ0v) is 8.48. The highest BCUT2D eigenvalue weighted by atomic mass is 16.6. The molecule has 1 aliphatic rings. The Morgan fingerprint density at radius 1 is 1.50 bits per heavy atom. The molecule has 1 rings (SSSR count). The molecule has 4 heteroatoms. The zero-order valence-electron chi connectivity index (χ0n) is 8.48. The smallest absolute Gasteiger partial charge is 0.306 e. The summed E-state index contributed by atoms with van der Waals surface area (Å²) in [6.45, 7) is 2.21. The monoisotopic (exact) mass is 202 g/mol. The molecule has 82 valence electrons. The Morgan fingerprint density at radius 3 is 2.71 bits per heavy atom. The summed E-state index contributed by atoms with van der Waals surface area (Å²) in [7, 11) is 0. The van der Waals surface area contributed by atoms with E-state index in [4.69, 9.17) is 9.84 Å². The molecule has 0 spiro atoms. The van der Waals surface area contributed by atoms with Crippen molar-refractivity contribution in [3.63, 3.8) is 0 Å². The Morgan fingerprint density at radius 2 is 2.14 bits per heavy atom. The molecular formula is C10H18O4. The van der Waals surface area contributed by atoms with Crippen LogP contribution in [0.4, 0.5) is 0 Å². The van der Waals surface area contributed by atoms with Gasteiger partial charge in [-0.25, -0.2) is 0 Å². The molecule has 4 nitrogen and oxygen atoms in total. The van der Waals surface area contributed by atoms with Gasteiger partial charge in [0.25, 0.3) is 0 Å². The van der Waals surface area contributed by atoms with Crippen molar-refractivity contribution in [3.8, 4) is 0 Å².